The number of fused-ring (bicyclic) bond motifs is 1. The van der Waals surface area contributed by atoms with Crippen LogP contribution in [-0.2, 0) is 26.6 Å². The summed E-state index contributed by atoms with van der Waals surface area (Å²) in [4.78, 5) is 28.7. The van der Waals surface area contributed by atoms with E-state index in [4.69, 9.17) is 0 Å². The molecule has 4 atom stereocenters. The second-order valence-corrected chi connectivity index (χ2v) is 13.7. The molecule has 2 saturated carbocycles. The van der Waals surface area contributed by atoms with E-state index < -0.39 is 57.1 Å². The summed E-state index contributed by atoms with van der Waals surface area (Å²) in [6, 6.07) is 6.81. The molecule has 0 bridgehead atoms. The lowest BCUT2D eigenvalue weighted by Gasteiger charge is -2.45. The van der Waals surface area contributed by atoms with Gasteiger partial charge in [0.1, 0.15) is 17.5 Å². The van der Waals surface area contributed by atoms with Crippen LogP contribution in [0, 0.1) is 17.7 Å². The third kappa shape index (κ3) is 5.23. The summed E-state index contributed by atoms with van der Waals surface area (Å²) in [5, 5.41) is 13.8. The summed E-state index contributed by atoms with van der Waals surface area (Å²) < 4.78 is 78.6. The molecule has 2 heterocycles. The number of amides is 2. The zero-order valence-corrected chi connectivity index (χ0v) is 22.9. The maximum absolute atomic E-state index is 14.8. The van der Waals surface area contributed by atoms with Gasteiger partial charge in [0.05, 0.1) is 17.9 Å². The number of aliphatic hydroxyl groups is 1. The van der Waals surface area contributed by atoms with Crippen LogP contribution in [0.2, 0.25) is 0 Å². The first-order chi connectivity index (χ1) is 19.2. The molecule has 2 amide bonds. The minimum Gasteiger partial charge on any atom is -0.382 e. The van der Waals surface area contributed by atoms with E-state index in [0.29, 0.717) is 30.9 Å². The van der Waals surface area contributed by atoms with Gasteiger partial charge in [0.25, 0.3) is 5.91 Å². The number of halogens is 4. The Labute approximate surface area is 234 Å². The van der Waals surface area contributed by atoms with Crippen LogP contribution in [0.1, 0.15) is 58.8 Å². The summed E-state index contributed by atoms with van der Waals surface area (Å²) in [6.45, 7) is -0.266. The van der Waals surface area contributed by atoms with Crippen molar-refractivity contribution in [3.8, 4) is 0 Å². The number of alkyl halides is 3. The average molecular weight is 596 g/mol. The van der Waals surface area contributed by atoms with Gasteiger partial charge < -0.3 is 15.3 Å². The number of nitrogens with zero attached hydrogens (tertiary/aromatic N) is 2. The van der Waals surface area contributed by atoms with Crippen LogP contribution in [0.5, 0.6) is 0 Å². The van der Waals surface area contributed by atoms with Crippen LogP contribution in [0.4, 0.5) is 17.6 Å². The van der Waals surface area contributed by atoms with Gasteiger partial charge in [-0.2, -0.15) is 17.5 Å². The Morgan fingerprint density at radius 1 is 1.10 bits per heavy atom. The normalized spacial score (nSPS) is 26.2. The second-order valence-electron chi connectivity index (χ2n) is 11.7. The quantitative estimate of drug-likeness (QED) is 0.479. The van der Waals surface area contributed by atoms with Gasteiger partial charge in [-0.1, -0.05) is 18.2 Å². The fraction of sp³-hybridized carbons (Fsp3) is 0.500. The minimum atomic E-state index is -4.69. The van der Waals surface area contributed by atoms with Gasteiger partial charge in [-0.25, -0.2) is 12.8 Å². The van der Waals surface area contributed by atoms with E-state index in [1.54, 1.807) is 18.2 Å². The van der Waals surface area contributed by atoms with Crippen molar-refractivity contribution in [1.82, 2.24) is 14.5 Å². The Balaban J connectivity index is 1.20. The predicted octanol–water partition coefficient (Wildman–Crippen LogP) is 3.18. The van der Waals surface area contributed by atoms with Crippen molar-refractivity contribution in [2.75, 3.05) is 19.3 Å². The molecule has 13 heteroatoms. The van der Waals surface area contributed by atoms with Crippen molar-refractivity contribution in [3.63, 3.8) is 0 Å². The highest BCUT2D eigenvalue weighted by Gasteiger charge is 2.57. The Bertz CT molecular complexity index is 1520. The van der Waals surface area contributed by atoms with Gasteiger partial charge in [0, 0.05) is 30.3 Å². The summed E-state index contributed by atoms with van der Waals surface area (Å²) in [6.07, 6.45) is -1.10. The van der Waals surface area contributed by atoms with E-state index in [2.05, 4.69) is 5.32 Å². The number of β-amino-alcohol motifs (C(OH)–C–C–N with tert-alkyl or cyclic N) is 1. The van der Waals surface area contributed by atoms with Crippen molar-refractivity contribution in [2.24, 2.45) is 11.8 Å². The van der Waals surface area contributed by atoms with E-state index >= 15 is 0 Å². The first kappa shape index (κ1) is 28.1. The number of sulfonamides is 1. The zero-order chi connectivity index (χ0) is 29.5. The summed E-state index contributed by atoms with van der Waals surface area (Å²) in [7, 11) is -3.47. The molecule has 8 nitrogen and oxygen atoms in total. The van der Waals surface area contributed by atoms with Crippen molar-refractivity contribution >= 4 is 21.8 Å². The number of carbonyl (C=O) groups is 2. The van der Waals surface area contributed by atoms with E-state index in [0.717, 1.165) is 29.1 Å². The maximum Gasteiger partial charge on any atom is 0.416 e. The fourth-order valence-electron chi connectivity index (χ4n) is 6.11. The van der Waals surface area contributed by atoms with Gasteiger partial charge in [-0.15, -0.1) is 0 Å². The third-order valence-corrected chi connectivity index (χ3v) is 9.88. The Morgan fingerprint density at radius 2 is 1.80 bits per heavy atom. The smallest absolute Gasteiger partial charge is 0.382 e. The number of likely N-dealkylation sites (tertiary alicyclic amines) is 1. The molecule has 2 aromatic carbocycles. The molecule has 4 aliphatic rings. The first-order valence-electron chi connectivity index (χ1n) is 13.4. The molecule has 0 aromatic heterocycles. The monoisotopic (exact) mass is 595 g/mol. The van der Waals surface area contributed by atoms with Crippen LogP contribution in [0.25, 0.3) is 0 Å². The summed E-state index contributed by atoms with van der Waals surface area (Å²) in [5.74, 6) is -1.92. The Morgan fingerprint density at radius 3 is 2.41 bits per heavy atom. The lowest BCUT2D eigenvalue weighted by molar-refractivity contribution is -0.137. The number of rotatable bonds is 7. The maximum atomic E-state index is 14.8. The van der Waals surface area contributed by atoms with Crippen LogP contribution >= 0.6 is 0 Å². The number of carbonyl (C=O) groups excluding carboxylic acids is 2. The van der Waals surface area contributed by atoms with Crippen LogP contribution < -0.4 is 5.32 Å². The number of hydrogen-bond donors (Lipinski definition) is 2. The number of hydrogen-bond acceptors (Lipinski definition) is 5. The van der Waals surface area contributed by atoms with Crippen molar-refractivity contribution < 1.29 is 40.7 Å². The topological polar surface area (TPSA) is 107 Å². The molecule has 6 rings (SSSR count). The minimum absolute atomic E-state index is 0.0144. The zero-order valence-electron chi connectivity index (χ0n) is 22.1. The lowest BCUT2D eigenvalue weighted by atomic mass is 9.87. The van der Waals surface area contributed by atoms with E-state index in [1.807, 2.05) is 0 Å². The molecule has 0 spiro atoms. The van der Waals surface area contributed by atoms with Gasteiger partial charge in [0.15, 0.2) is 0 Å². The molecular formula is C28H29F4N3O5S. The second kappa shape index (κ2) is 9.50. The molecule has 2 aliphatic carbocycles. The molecule has 4 fully saturated rings. The highest BCUT2D eigenvalue weighted by Crippen LogP contribution is 2.49. The summed E-state index contributed by atoms with van der Waals surface area (Å²) >= 11 is 0. The number of nitrogens with one attached hydrogen (secondary N) is 1. The fourth-order valence-corrected chi connectivity index (χ4v) is 7.01. The van der Waals surface area contributed by atoms with Crippen molar-refractivity contribution in [2.45, 2.75) is 55.6 Å². The SMILES string of the molecule is CS(=O)(=O)N1CC(O)(c2cccc(C(=O)N3[C@@H](C(=O)N[C@@H](c4ccc(C(F)(F)F)cc4F)C4CC4)C[C@H]4C[C@H]43)c2)C1. The molecule has 2 N–H and O–H groups in total. The van der Waals surface area contributed by atoms with Gasteiger partial charge >= 0.3 is 6.18 Å². The molecular weight excluding hydrogens is 566 g/mol. The molecule has 2 aliphatic heterocycles. The standard InChI is InChI=1S/C28H29F4N3O5S/c1-41(39,40)34-13-27(38,14-34)18-4-2-3-16(9-18)26(37)35-22-10-17(22)11-23(35)25(36)33-24(15-5-6-15)20-8-7-19(12-21(20)29)28(30,31)32/h2-4,7-9,12,15,17,22-24,38H,5-6,10-11,13-14H2,1H3,(H,33,36)/t17-,22-,23-,24-/m1/s1. The van der Waals surface area contributed by atoms with Crippen LogP contribution in [0.3, 0.4) is 0 Å². The van der Waals surface area contributed by atoms with Crippen LogP contribution in [0.15, 0.2) is 42.5 Å². The Kier molecular flexibility index (Phi) is 6.51. The molecule has 41 heavy (non-hydrogen) atoms. The van der Waals surface area contributed by atoms with Crippen molar-refractivity contribution in [1.29, 1.82) is 0 Å². The van der Waals surface area contributed by atoms with Crippen molar-refractivity contribution in [3.05, 3.63) is 70.5 Å². The highest BCUT2D eigenvalue weighted by molar-refractivity contribution is 7.88. The van der Waals surface area contributed by atoms with Gasteiger partial charge in [-0.05, 0) is 67.3 Å². The van der Waals surface area contributed by atoms with E-state index in [9.17, 15) is 40.7 Å². The van der Waals surface area contributed by atoms with Gasteiger partial charge in [0.2, 0.25) is 15.9 Å². The molecule has 2 saturated heterocycles. The molecule has 0 radical (unpaired) electrons. The van der Waals surface area contributed by atoms with E-state index in [1.165, 1.54) is 11.0 Å². The number of piperidine rings is 1. The average Bonchev–Trinajstić information content (AvgIpc) is 3.82. The van der Waals surface area contributed by atoms with Gasteiger partial charge in [-0.3, -0.25) is 9.59 Å². The predicted molar refractivity (Wildman–Crippen MR) is 138 cm³/mol. The summed E-state index contributed by atoms with van der Waals surface area (Å²) in [5.41, 5.74) is -1.93. The first-order valence-corrected chi connectivity index (χ1v) is 15.3. The third-order valence-electron chi connectivity index (χ3n) is 8.69. The lowest BCUT2D eigenvalue weighted by Crippen LogP contribution is -2.60. The highest BCUT2D eigenvalue weighted by atomic mass is 32.2. The molecule has 2 aromatic rings. The largest absolute Gasteiger partial charge is 0.416 e. The Hall–Kier alpha value is -3.03. The van der Waals surface area contributed by atoms with E-state index in [-0.39, 0.29) is 42.1 Å². The number of benzene rings is 2. The molecule has 220 valence electrons. The van der Waals surface area contributed by atoms with Crippen LogP contribution in [-0.4, -0.2) is 66.0 Å². The molecule has 0 unspecified atom stereocenters.